The second-order valence-electron chi connectivity index (χ2n) is 8.12. The molecule has 0 heterocycles. The Labute approximate surface area is 195 Å². The van der Waals surface area contributed by atoms with E-state index in [1.165, 1.54) is 0 Å². The highest BCUT2D eigenvalue weighted by Gasteiger charge is 2.34. The minimum Gasteiger partial charge on any atom is -0.485 e. The van der Waals surface area contributed by atoms with Crippen molar-refractivity contribution in [3.05, 3.63) is 120 Å². The molecule has 0 aliphatic carbocycles. The fourth-order valence-corrected chi connectivity index (χ4v) is 4.15. The zero-order valence-electron chi connectivity index (χ0n) is 18.8. The maximum absolute atomic E-state index is 6.61. The van der Waals surface area contributed by atoms with Gasteiger partial charge in [-0.15, -0.1) is 0 Å². The van der Waals surface area contributed by atoms with Crippen molar-refractivity contribution in [2.24, 2.45) is 5.92 Å². The molecule has 4 rings (SSSR count). The van der Waals surface area contributed by atoms with Crippen molar-refractivity contribution in [3.63, 3.8) is 0 Å². The van der Waals surface area contributed by atoms with Gasteiger partial charge in [-0.2, -0.15) is 0 Å². The summed E-state index contributed by atoms with van der Waals surface area (Å²) in [7, 11) is 0. The van der Waals surface area contributed by atoms with E-state index in [4.69, 9.17) is 20.9 Å². The van der Waals surface area contributed by atoms with E-state index in [0.717, 1.165) is 29.0 Å². The van der Waals surface area contributed by atoms with Crippen LogP contribution in [0.15, 0.2) is 109 Å². The van der Waals surface area contributed by atoms with Crippen LogP contribution in [0.25, 0.3) is 0 Å². The molecule has 4 N–H and O–H groups in total. The molecule has 0 fully saturated rings. The molecule has 2 atom stereocenters. The molecule has 0 bridgehead atoms. The molecule has 0 aliphatic rings. The molecule has 0 amide bonds. The van der Waals surface area contributed by atoms with Gasteiger partial charge in [-0.1, -0.05) is 79.7 Å². The van der Waals surface area contributed by atoms with Gasteiger partial charge >= 0.3 is 0 Å². The first-order chi connectivity index (χ1) is 16.1. The lowest BCUT2D eigenvalue weighted by Gasteiger charge is -2.34. The van der Waals surface area contributed by atoms with Crippen LogP contribution in [0, 0.1) is 5.92 Å². The molecule has 4 aromatic rings. The van der Waals surface area contributed by atoms with E-state index in [9.17, 15) is 0 Å². The van der Waals surface area contributed by atoms with Gasteiger partial charge in [-0.05, 0) is 41.8 Å². The molecular weight excluding hydrogens is 408 g/mol. The lowest BCUT2D eigenvalue weighted by Crippen LogP contribution is -2.28. The van der Waals surface area contributed by atoms with Crippen molar-refractivity contribution >= 4 is 11.4 Å². The van der Waals surface area contributed by atoms with Crippen LogP contribution >= 0.6 is 0 Å². The van der Waals surface area contributed by atoms with Gasteiger partial charge in [-0.25, -0.2) is 0 Å². The minimum absolute atomic E-state index is 0.0117. The molecule has 4 heteroatoms. The smallest absolute Gasteiger partial charge is 0.130 e. The summed E-state index contributed by atoms with van der Waals surface area (Å²) in [5, 5.41) is 0. The van der Waals surface area contributed by atoms with E-state index in [1.807, 2.05) is 84.9 Å². The molecule has 0 aromatic heterocycles. The van der Waals surface area contributed by atoms with Crippen molar-refractivity contribution in [2.75, 3.05) is 11.5 Å². The number of hydrogen-bond acceptors (Lipinski definition) is 4. The number of rotatable bonds is 9. The zero-order chi connectivity index (χ0) is 23.0. The van der Waals surface area contributed by atoms with E-state index in [1.54, 1.807) is 0 Å². The molecule has 0 aliphatic heterocycles. The predicted octanol–water partition coefficient (Wildman–Crippen LogP) is 6.82. The molecule has 33 heavy (non-hydrogen) atoms. The van der Waals surface area contributed by atoms with Crippen molar-refractivity contribution in [3.8, 4) is 11.5 Å². The monoisotopic (exact) mass is 438 g/mol. The minimum atomic E-state index is -0.246. The third-order valence-electron chi connectivity index (χ3n) is 5.75. The topological polar surface area (TPSA) is 70.5 Å². The summed E-state index contributed by atoms with van der Waals surface area (Å²) in [6.07, 6.45) is 0.345. The second kappa shape index (κ2) is 10.6. The van der Waals surface area contributed by atoms with Crippen LogP contribution in [0.1, 0.15) is 36.7 Å². The molecule has 0 radical (unpaired) electrons. The molecule has 168 valence electrons. The third kappa shape index (κ3) is 5.66. The Morgan fingerprint density at radius 3 is 1.36 bits per heavy atom. The van der Waals surface area contributed by atoms with Gasteiger partial charge in [0, 0.05) is 29.4 Å². The summed E-state index contributed by atoms with van der Waals surface area (Å²) in [6.45, 7) is 2.17. The predicted molar refractivity (Wildman–Crippen MR) is 135 cm³/mol. The second-order valence-corrected chi connectivity index (χ2v) is 8.12. The molecule has 4 aromatic carbocycles. The largest absolute Gasteiger partial charge is 0.485 e. The summed E-state index contributed by atoms with van der Waals surface area (Å²) < 4.78 is 13.2. The fourth-order valence-electron chi connectivity index (χ4n) is 4.15. The Bertz CT molecular complexity index is 1060. The summed E-state index contributed by atoms with van der Waals surface area (Å²) in [4.78, 5) is 0. The first-order valence-electron chi connectivity index (χ1n) is 11.3. The van der Waals surface area contributed by atoms with E-state index in [0.29, 0.717) is 11.4 Å². The number of benzene rings is 4. The van der Waals surface area contributed by atoms with Gasteiger partial charge in [0.05, 0.1) is 0 Å². The molecule has 2 unspecified atom stereocenters. The first kappa shape index (κ1) is 22.3. The summed E-state index contributed by atoms with van der Waals surface area (Å²) in [6, 6.07) is 35.7. The van der Waals surface area contributed by atoms with E-state index in [-0.39, 0.29) is 18.1 Å². The van der Waals surface area contributed by atoms with Gasteiger partial charge in [0.1, 0.15) is 23.7 Å². The highest BCUT2D eigenvalue weighted by molar-refractivity contribution is 5.45. The molecule has 0 saturated carbocycles. The lowest BCUT2D eigenvalue weighted by molar-refractivity contribution is 0.0359. The van der Waals surface area contributed by atoms with Crippen molar-refractivity contribution in [1.29, 1.82) is 0 Å². The quantitative estimate of drug-likeness (QED) is 0.281. The Balaban J connectivity index is 1.76. The average molecular weight is 439 g/mol. The summed E-state index contributed by atoms with van der Waals surface area (Å²) in [5.41, 5.74) is 15.6. The number of nitrogen functional groups attached to an aromatic ring is 2. The highest BCUT2D eigenvalue weighted by Crippen LogP contribution is 2.41. The number of anilines is 2. The summed E-state index contributed by atoms with van der Waals surface area (Å²) in [5.74, 6) is 1.48. The van der Waals surface area contributed by atoms with Crippen LogP contribution < -0.4 is 20.9 Å². The Hall–Kier alpha value is -3.92. The standard InChI is InChI=1S/C29H30N2O2/c1-2-27(28(21-11-5-3-6-12-21)32-25-17-9-15-23(30)19-25)29(22-13-7-4-8-14-22)33-26-18-10-16-24(31)20-26/h3-20,27-29H,2,30-31H2,1H3. The highest BCUT2D eigenvalue weighted by atomic mass is 16.5. The van der Waals surface area contributed by atoms with Gasteiger partial charge in [0.25, 0.3) is 0 Å². The van der Waals surface area contributed by atoms with Crippen LogP contribution in [-0.2, 0) is 0 Å². The average Bonchev–Trinajstić information content (AvgIpc) is 2.84. The Morgan fingerprint density at radius 1 is 0.576 bits per heavy atom. The van der Waals surface area contributed by atoms with Crippen molar-refractivity contribution < 1.29 is 9.47 Å². The molecule has 4 nitrogen and oxygen atoms in total. The first-order valence-corrected chi connectivity index (χ1v) is 11.3. The maximum Gasteiger partial charge on any atom is 0.130 e. The van der Waals surface area contributed by atoms with E-state index < -0.39 is 0 Å². The summed E-state index contributed by atoms with van der Waals surface area (Å²) >= 11 is 0. The van der Waals surface area contributed by atoms with Crippen molar-refractivity contribution in [1.82, 2.24) is 0 Å². The number of ether oxygens (including phenoxy) is 2. The van der Waals surface area contributed by atoms with Crippen LogP contribution in [0.4, 0.5) is 11.4 Å². The Morgan fingerprint density at radius 2 is 1.00 bits per heavy atom. The third-order valence-corrected chi connectivity index (χ3v) is 5.75. The zero-order valence-corrected chi connectivity index (χ0v) is 18.8. The van der Waals surface area contributed by atoms with Gasteiger partial charge in [0.15, 0.2) is 0 Å². The van der Waals surface area contributed by atoms with E-state index >= 15 is 0 Å². The van der Waals surface area contributed by atoms with Crippen LogP contribution in [0.3, 0.4) is 0 Å². The van der Waals surface area contributed by atoms with Gasteiger partial charge in [-0.3, -0.25) is 0 Å². The van der Waals surface area contributed by atoms with Gasteiger partial charge < -0.3 is 20.9 Å². The number of hydrogen-bond donors (Lipinski definition) is 2. The van der Waals surface area contributed by atoms with Crippen LogP contribution in [0.2, 0.25) is 0 Å². The molecular formula is C29H30N2O2. The SMILES string of the molecule is CCC(C(Oc1cccc(N)c1)c1ccccc1)C(Oc1cccc(N)c1)c1ccccc1. The fraction of sp³-hybridized carbons (Fsp3) is 0.172. The number of nitrogens with two attached hydrogens (primary N) is 2. The van der Waals surface area contributed by atoms with Crippen LogP contribution in [-0.4, -0.2) is 0 Å². The maximum atomic E-state index is 6.61. The van der Waals surface area contributed by atoms with Crippen molar-refractivity contribution in [2.45, 2.75) is 25.6 Å². The van der Waals surface area contributed by atoms with Crippen LogP contribution in [0.5, 0.6) is 11.5 Å². The van der Waals surface area contributed by atoms with Gasteiger partial charge in [0.2, 0.25) is 0 Å². The Kier molecular flexibility index (Phi) is 7.16. The molecule has 0 spiro atoms. The normalized spacial score (nSPS) is 13.6. The van der Waals surface area contributed by atoms with E-state index in [2.05, 4.69) is 31.2 Å². The molecule has 0 saturated heterocycles. The lowest BCUT2D eigenvalue weighted by atomic mass is 9.85.